The largest absolute Gasteiger partial charge is 0.451 e. The number of carbonyl (C=O) groups is 1. The van der Waals surface area contributed by atoms with Gasteiger partial charge in [0.15, 0.2) is 11.2 Å². The summed E-state index contributed by atoms with van der Waals surface area (Å²) < 4.78 is 7.21. The molecule has 0 spiro atoms. The molecule has 0 aliphatic heterocycles. The molecule has 0 bridgehead atoms. The van der Waals surface area contributed by atoms with E-state index in [4.69, 9.17) is 4.42 Å². The first-order valence-corrected chi connectivity index (χ1v) is 8.84. The number of thiazole rings is 1. The molecular formula is C18H14N4O3S. The summed E-state index contributed by atoms with van der Waals surface area (Å²) in [5, 5.41) is 10.0. The van der Waals surface area contributed by atoms with E-state index in [0.29, 0.717) is 23.9 Å². The van der Waals surface area contributed by atoms with Crippen LogP contribution in [0.15, 0.2) is 63.4 Å². The Labute approximate surface area is 151 Å². The molecule has 0 saturated heterocycles. The van der Waals surface area contributed by atoms with E-state index in [1.165, 1.54) is 17.4 Å². The number of nitrogens with one attached hydrogen (secondary N) is 1. The summed E-state index contributed by atoms with van der Waals surface area (Å²) in [4.78, 5) is 28.8. The highest BCUT2D eigenvalue weighted by Gasteiger charge is 2.12. The van der Waals surface area contributed by atoms with Crippen LogP contribution in [0.2, 0.25) is 0 Å². The highest BCUT2D eigenvalue weighted by Crippen LogP contribution is 2.14. The van der Waals surface area contributed by atoms with Gasteiger partial charge in [0.05, 0.1) is 11.1 Å². The minimum absolute atomic E-state index is 0.00390. The molecule has 0 aliphatic rings. The molecule has 0 unspecified atom stereocenters. The van der Waals surface area contributed by atoms with Gasteiger partial charge >= 0.3 is 0 Å². The zero-order chi connectivity index (χ0) is 17.9. The van der Waals surface area contributed by atoms with Crippen molar-refractivity contribution in [3.63, 3.8) is 0 Å². The SMILES string of the molecule is O=C(NCCc1csc(-n2cccn2)n1)c1cc(=O)c2ccccc2o1. The lowest BCUT2D eigenvalue weighted by Gasteiger charge is -2.04. The molecule has 8 heteroatoms. The number of para-hydroxylation sites is 1. The van der Waals surface area contributed by atoms with Gasteiger partial charge in [-0.25, -0.2) is 9.67 Å². The number of nitrogens with zero attached hydrogens (tertiary/aromatic N) is 3. The molecule has 1 amide bonds. The van der Waals surface area contributed by atoms with Crippen molar-refractivity contribution in [3.05, 3.63) is 75.8 Å². The van der Waals surface area contributed by atoms with Crippen molar-refractivity contribution in [1.82, 2.24) is 20.1 Å². The summed E-state index contributed by atoms with van der Waals surface area (Å²) in [6, 6.07) is 9.90. The lowest BCUT2D eigenvalue weighted by molar-refractivity contribution is 0.0927. The van der Waals surface area contributed by atoms with Crippen molar-refractivity contribution < 1.29 is 9.21 Å². The van der Waals surface area contributed by atoms with Crippen LogP contribution in [0.4, 0.5) is 0 Å². The number of hydrogen-bond acceptors (Lipinski definition) is 6. The van der Waals surface area contributed by atoms with Gasteiger partial charge in [-0.1, -0.05) is 12.1 Å². The number of benzene rings is 1. The lowest BCUT2D eigenvalue weighted by Crippen LogP contribution is -2.26. The number of aromatic nitrogens is 3. The molecule has 0 atom stereocenters. The number of fused-ring (bicyclic) bond motifs is 1. The normalized spacial score (nSPS) is 10.9. The Bertz CT molecular complexity index is 1110. The Balaban J connectivity index is 1.41. The highest BCUT2D eigenvalue weighted by molar-refractivity contribution is 7.12. The maximum absolute atomic E-state index is 12.2. The van der Waals surface area contributed by atoms with Crippen LogP contribution in [0.25, 0.3) is 16.1 Å². The van der Waals surface area contributed by atoms with Crippen molar-refractivity contribution in [2.45, 2.75) is 6.42 Å². The van der Waals surface area contributed by atoms with Gasteiger partial charge in [0.1, 0.15) is 5.58 Å². The van der Waals surface area contributed by atoms with Crippen LogP contribution in [0.1, 0.15) is 16.2 Å². The molecule has 0 aliphatic carbocycles. The van der Waals surface area contributed by atoms with Crippen LogP contribution in [-0.4, -0.2) is 27.2 Å². The van der Waals surface area contributed by atoms with Gasteiger partial charge in [0.2, 0.25) is 5.13 Å². The maximum Gasteiger partial charge on any atom is 0.287 e. The second-order valence-corrected chi connectivity index (χ2v) is 6.39. The van der Waals surface area contributed by atoms with E-state index in [1.54, 1.807) is 35.1 Å². The fourth-order valence-electron chi connectivity index (χ4n) is 2.51. The fraction of sp³-hybridized carbons (Fsp3) is 0.111. The van der Waals surface area contributed by atoms with Crippen LogP contribution in [0, 0.1) is 0 Å². The number of carbonyl (C=O) groups excluding carboxylic acids is 1. The summed E-state index contributed by atoms with van der Waals surface area (Å²) in [6.07, 6.45) is 4.09. The Kier molecular flexibility index (Phi) is 4.32. The third-order valence-electron chi connectivity index (χ3n) is 3.77. The zero-order valence-electron chi connectivity index (χ0n) is 13.6. The van der Waals surface area contributed by atoms with Gasteiger partial charge in [-0.2, -0.15) is 5.10 Å². The molecular weight excluding hydrogens is 352 g/mol. The number of rotatable bonds is 5. The molecule has 7 nitrogen and oxygen atoms in total. The topological polar surface area (TPSA) is 90.0 Å². The van der Waals surface area contributed by atoms with Gasteiger partial charge in [0, 0.05) is 36.8 Å². The summed E-state index contributed by atoms with van der Waals surface area (Å²) in [6.45, 7) is 0.387. The number of amides is 1. The Morgan fingerprint density at radius 2 is 2.15 bits per heavy atom. The van der Waals surface area contributed by atoms with Crippen LogP contribution < -0.4 is 10.7 Å². The van der Waals surface area contributed by atoms with Crippen molar-refractivity contribution in [1.29, 1.82) is 0 Å². The van der Waals surface area contributed by atoms with Gasteiger partial charge < -0.3 is 9.73 Å². The Morgan fingerprint density at radius 1 is 1.27 bits per heavy atom. The van der Waals surface area contributed by atoms with Crippen LogP contribution in [0.5, 0.6) is 0 Å². The lowest BCUT2D eigenvalue weighted by atomic mass is 10.2. The predicted molar refractivity (Wildman–Crippen MR) is 97.8 cm³/mol. The summed E-state index contributed by atoms with van der Waals surface area (Å²) in [7, 11) is 0. The van der Waals surface area contributed by atoms with Crippen molar-refractivity contribution >= 4 is 28.2 Å². The van der Waals surface area contributed by atoms with Crippen molar-refractivity contribution in [2.24, 2.45) is 0 Å². The van der Waals surface area contributed by atoms with Crippen molar-refractivity contribution in [2.75, 3.05) is 6.54 Å². The number of hydrogen-bond donors (Lipinski definition) is 1. The standard InChI is InChI=1S/C18H14N4O3S/c23-14-10-16(25-15-5-2-1-4-13(14)15)17(24)19-8-6-12-11-26-18(21-12)22-9-3-7-20-22/h1-5,7,9-11H,6,8H2,(H,19,24). The van der Waals surface area contributed by atoms with Gasteiger partial charge in [-0.15, -0.1) is 11.3 Å². The Hall–Kier alpha value is -3.26. The molecule has 1 aromatic carbocycles. The van der Waals surface area contributed by atoms with E-state index in [9.17, 15) is 9.59 Å². The van der Waals surface area contributed by atoms with Gasteiger partial charge in [0.25, 0.3) is 5.91 Å². The summed E-state index contributed by atoms with van der Waals surface area (Å²) in [5.74, 6) is -0.417. The first-order valence-electron chi connectivity index (χ1n) is 7.96. The second kappa shape index (κ2) is 6.93. The molecule has 1 N–H and O–H groups in total. The van der Waals surface area contributed by atoms with Crippen LogP contribution in [-0.2, 0) is 6.42 Å². The van der Waals surface area contributed by atoms with E-state index in [0.717, 1.165) is 10.8 Å². The van der Waals surface area contributed by atoms with E-state index < -0.39 is 5.91 Å². The molecule has 0 saturated carbocycles. The molecule has 130 valence electrons. The Morgan fingerprint density at radius 3 is 3.00 bits per heavy atom. The smallest absolute Gasteiger partial charge is 0.287 e. The van der Waals surface area contributed by atoms with Crippen LogP contribution in [0.3, 0.4) is 0 Å². The zero-order valence-corrected chi connectivity index (χ0v) is 14.4. The average molecular weight is 366 g/mol. The molecule has 3 aromatic heterocycles. The molecule has 26 heavy (non-hydrogen) atoms. The summed E-state index contributed by atoms with van der Waals surface area (Å²) >= 11 is 1.48. The third kappa shape index (κ3) is 3.27. The van der Waals surface area contributed by atoms with Gasteiger partial charge in [-0.05, 0) is 18.2 Å². The third-order valence-corrected chi connectivity index (χ3v) is 4.64. The summed E-state index contributed by atoms with van der Waals surface area (Å²) in [5.41, 5.74) is 1.02. The molecule has 3 heterocycles. The fourth-order valence-corrected chi connectivity index (χ4v) is 3.30. The van der Waals surface area contributed by atoms with Crippen LogP contribution >= 0.6 is 11.3 Å². The monoisotopic (exact) mass is 366 g/mol. The van der Waals surface area contributed by atoms with E-state index in [2.05, 4.69) is 15.4 Å². The molecule has 0 fully saturated rings. The van der Waals surface area contributed by atoms with E-state index >= 15 is 0 Å². The van der Waals surface area contributed by atoms with E-state index in [-0.39, 0.29) is 11.2 Å². The molecule has 4 aromatic rings. The maximum atomic E-state index is 12.2. The predicted octanol–water partition coefficient (Wildman–Crippen LogP) is 2.41. The minimum Gasteiger partial charge on any atom is -0.451 e. The second-order valence-electron chi connectivity index (χ2n) is 5.55. The first kappa shape index (κ1) is 16.2. The molecule has 4 rings (SSSR count). The minimum atomic E-state index is -0.421. The highest BCUT2D eigenvalue weighted by atomic mass is 32.1. The quantitative estimate of drug-likeness (QED) is 0.586. The average Bonchev–Trinajstić information content (AvgIpc) is 3.33. The first-order chi connectivity index (χ1) is 12.7. The van der Waals surface area contributed by atoms with Crippen molar-refractivity contribution in [3.8, 4) is 5.13 Å². The van der Waals surface area contributed by atoms with E-state index in [1.807, 2.05) is 17.6 Å². The molecule has 0 radical (unpaired) electrons. The van der Waals surface area contributed by atoms with Gasteiger partial charge in [-0.3, -0.25) is 9.59 Å².